The van der Waals surface area contributed by atoms with Crippen molar-refractivity contribution >= 4 is 28.4 Å². The molecule has 0 bridgehead atoms. The highest BCUT2D eigenvalue weighted by Crippen LogP contribution is 2.32. The van der Waals surface area contributed by atoms with Crippen LogP contribution in [0.5, 0.6) is 0 Å². The zero-order valence-corrected chi connectivity index (χ0v) is 22.0. The minimum absolute atomic E-state index is 0.137. The summed E-state index contributed by atoms with van der Waals surface area (Å²) in [5.41, 5.74) is -3.06. The molecular weight excluding hydrogens is 570 g/mol. The average molecular weight is 595 g/mol. The van der Waals surface area contributed by atoms with Crippen molar-refractivity contribution < 1.29 is 31.1 Å². The number of aromatic nitrogens is 5. The normalized spacial score (nSPS) is 15.2. The molecule has 1 amide bonds. The summed E-state index contributed by atoms with van der Waals surface area (Å²) in [6, 6.07) is 6.50. The zero-order chi connectivity index (χ0) is 30.2. The van der Waals surface area contributed by atoms with Gasteiger partial charge in [-0.3, -0.25) is 9.59 Å². The monoisotopic (exact) mass is 594 g/mol. The van der Waals surface area contributed by atoms with Gasteiger partial charge in [-0.05, 0) is 13.0 Å². The minimum atomic E-state index is -4.89. The van der Waals surface area contributed by atoms with Crippen molar-refractivity contribution in [1.82, 2.24) is 29.6 Å². The van der Waals surface area contributed by atoms with Gasteiger partial charge in [0.05, 0.1) is 23.0 Å². The van der Waals surface area contributed by atoms with Gasteiger partial charge in [0.25, 0.3) is 11.5 Å². The van der Waals surface area contributed by atoms with E-state index in [0.717, 1.165) is 18.6 Å². The number of anilines is 2. The fraction of sp³-hybridized carbons (Fsp3) is 0.346. The first-order valence-corrected chi connectivity index (χ1v) is 12.8. The number of halogens is 6. The van der Waals surface area contributed by atoms with Crippen LogP contribution in [0.4, 0.5) is 38.0 Å². The van der Waals surface area contributed by atoms with Crippen molar-refractivity contribution in [3.63, 3.8) is 0 Å². The lowest BCUT2D eigenvalue weighted by Gasteiger charge is -2.34. The van der Waals surface area contributed by atoms with Gasteiger partial charge in [0.1, 0.15) is 5.56 Å². The van der Waals surface area contributed by atoms with Crippen LogP contribution in [0.15, 0.2) is 53.8 Å². The molecule has 42 heavy (non-hydrogen) atoms. The highest BCUT2D eigenvalue weighted by Gasteiger charge is 2.38. The van der Waals surface area contributed by atoms with E-state index < -0.39 is 40.8 Å². The Morgan fingerprint density at radius 2 is 1.67 bits per heavy atom. The molecule has 1 fully saturated rings. The summed E-state index contributed by atoms with van der Waals surface area (Å²) in [7, 11) is 0. The standard InChI is InChI=1S/C26H24F6N8O2/c1-15(36-19-12-35-37-22(41)21(19)26(30,31)32)13-40-14-18(17-4-2-3-5-20(17)40)23(42)38-6-8-39(9-7-38)24-33-10-16(11-34-24)25(27,28)29/h2-5,10-12,14-15H,6-9,13H2,1H3,(H2,36,37,41)/t15-/m0/s1. The number of hydrogen-bond acceptors (Lipinski definition) is 7. The molecule has 3 aromatic heterocycles. The molecule has 5 rings (SSSR count). The summed E-state index contributed by atoms with van der Waals surface area (Å²) in [6.45, 7) is 2.97. The Kier molecular flexibility index (Phi) is 7.55. The molecule has 0 aliphatic carbocycles. The predicted octanol–water partition coefficient (Wildman–Crippen LogP) is 4.02. The van der Waals surface area contributed by atoms with Gasteiger partial charge in [-0.15, -0.1) is 0 Å². The summed E-state index contributed by atoms with van der Waals surface area (Å²) < 4.78 is 80.6. The maximum Gasteiger partial charge on any atom is 0.423 e. The number of carbonyl (C=O) groups excluding carboxylic acids is 1. The lowest BCUT2D eigenvalue weighted by atomic mass is 10.1. The third-order valence-corrected chi connectivity index (χ3v) is 6.85. The van der Waals surface area contributed by atoms with Gasteiger partial charge in [0, 0.05) is 68.3 Å². The number of H-pyrrole nitrogens is 1. The van der Waals surface area contributed by atoms with Crippen LogP contribution in [0.3, 0.4) is 0 Å². The first-order chi connectivity index (χ1) is 19.8. The maximum atomic E-state index is 13.5. The van der Waals surface area contributed by atoms with Crippen LogP contribution in [0.1, 0.15) is 28.4 Å². The van der Waals surface area contributed by atoms with Gasteiger partial charge in [-0.2, -0.15) is 31.4 Å². The highest BCUT2D eigenvalue weighted by molar-refractivity contribution is 6.07. The number of nitrogens with one attached hydrogen (secondary N) is 2. The Balaban J connectivity index is 1.30. The van der Waals surface area contributed by atoms with E-state index in [-0.39, 0.29) is 31.5 Å². The van der Waals surface area contributed by atoms with E-state index in [0.29, 0.717) is 29.6 Å². The van der Waals surface area contributed by atoms with E-state index in [1.807, 2.05) is 0 Å². The summed E-state index contributed by atoms with van der Waals surface area (Å²) in [5.74, 6) is -0.130. The van der Waals surface area contributed by atoms with E-state index in [2.05, 4.69) is 20.4 Å². The van der Waals surface area contributed by atoms with Gasteiger partial charge in [-0.1, -0.05) is 18.2 Å². The Labute approximate surface area is 234 Å². The largest absolute Gasteiger partial charge is 0.423 e. The van der Waals surface area contributed by atoms with Crippen molar-refractivity contribution in [3.05, 3.63) is 76.1 Å². The third kappa shape index (κ3) is 5.87. The SMILES string of the molecule is C[C@@H](Cn1cc(C(=O)N2CCN(c3ncc(C(F)(F)F)cn3)CC2)c2ccccc21)Nc1cn[nH]c(=O)c1C(F)(F)F. The summed E-state index contributed by atoms with van der Waals surface area (Å²) in [4.78, 5) is 36.3. The van der Waals surface area contributed by atoms with Crippen LogP contribution in [0.25, 0.3) is 10.9 Å². The second-order valence-corrected chi connectivity index (χ2v) is 9.79. The van der Waals surface area contributed by atoms with E-state index in [1.165, 1.54) is 0 Å². The van der Waals surface area contributed by atoms with Crippen LogP contribution >= 0.6 is 0 Å². The number of benzene rings is 1. The fourth-order valence-electron chi connectivity index (χ4n) is 4.87. The molecule has 0 unspecified atom stereocenters. The van der Waals surface area contributed by atoms with Crippen molar-refractivity contribution in [2.24, 2.45) is 0 Å². The maximum absolute atomic E-state index is 13.5. The molecule has 1 saturated heterocycles. The van der Waals surface area contributed by atoms with E-state index >= 15 is 0 Å². The fourth-order valence-corrected chi connectivity index (χ4v) is 4.87. The first-order valence-electron chi connectivity index (χ1n) is 12.8. The Hall–Kier alpha value is -4.63. The molecule has 10 nitrogen and oxygen atoms in total. The summed E-state index contributed by atoms with van der Waals surface area (Å²) in [5, 5.41) is 8.63. The highest BCUT2D eigenvalue weighted by atomic mass is 19.4. The van der Waals surface area contributed by atoms with Crippen LogP contribution in [-0.4, -0.2) is 67.8 Å². The predicted molar refractivity (Wildman–Crippen MR) is 140 cm³/mol. The number of nitrogens with zero attached hydrogens (tertiary/aromatic N) is 6. The lowest BCUT2D eigenvalue weighted by Crippen LogP contribution is -2.49. The van der Waals surface area contributed by atoms with Gasteiger partial charge in [0.2, 0.25) is 5.95 Å². The van der Waals surface area contributed by atoms with Gasteiger partial charge < -0.3 is 19.7 Å². The van der Waals surface area contributed by atoms with Crippen LogP contribution in [-0.2, 0) is 18.9 Å². The second kappa shape index (κ2) is 11.0. The zero-order valence-electron chi connectivity index (χ0n) is 22.0. The molecule has 4 aromatic rings. The number of carbonyl (C=O) groups is 1. The van der Waals surface area contributed by atoms with E-state index in [9.17, 15) is 35.9 Å². The van der Waals surface area contributed by atoms with Gasteiger partial charge in [0.15, 0.2) is 0 Å². The van der Waals surface area contributed by atoms with Gasteiger partial charge in [-0.25, -0.2) is 15.1 Å². The molecule has 1 aromatic carbocycles. The molecule has 1 aliphatic heterocycles. The van der Waals surface area contributed by atoms with Crippen molar-refractivity contribution in [1.29, 1.82) is 0 Å². The number of aromatic amines is 1. The molecule has 0 radical (unpaired) electrons. The molecule has 0 saturated carbocycles. The van der Waals surface area contributed by atoms with Crippen molar-refractivity contribution in [2.45, 2.75) is 31.9 Å². The molecule has 1 atom stereocenters. The number of fused-ring (bicyclic) bond motifs is 1. The lowest BCUT2D eigenvalue weighted by molar-refractivity contribution is -0.139. The minimum Gasteiger partial charge on any atom is -0.379 e. The van der Waals surface area contributed by atoms with Crippen LogP contribution in [0, 0.1) is 0 Å². The van der Waals surface area contributed by atoms with E-state index in [1.54, 1.807) is 56.9 Å². The molecule has 1 aliphatic rings. The number of para-hydroxylation sites is 1. The van der Waals surface area contributed by atoms with Crippen molar-refractivity contribution in [3.8, 4) is 0 Å². The average Bonchev–Trinajstić information content (AvgIpc) is 3.30. The number of piperazine rings is 1. The van der Waals surface area contributed by atoms with E-state index in [4.69, 9.17) is 0 Å². The molecule has 222 valence electrons. The van der Waals surface area contributed by atoms with Crippen LogP contribution in [0.2, 0.25) is 0 Å². The van der Waals surface area contributed by atoms with Crippen LogP contribution < -0.4 is 15.8 Å². The Bertz CT molecular complexity index is 1640. The molecule has 0 spiro atoms. The molecule has 16 heteroatoms. The molecule has 4 heterocycles. The first kappa shape index (κ1) is 28.9. The Morgan fingerprint density at radius 3 is 2.31 bits per heavy atom. The molecule has 2 N–H and O–H groups in total. The summed E-state index contributed by atoms with van der Waals surface area (Å²) in [6.07, 6.45) is -5.45. The summed E-state index contributed by atoms with van der Waals surface area (Å²) >= 11 is 0. The topological polar surface area (TPSA) is 112 Å². The number of amides is 1. The number of hydrogen-bond donors (Lipinski definition) is 2. The number of rotatable bonds is 6. The van der Waals surface area contributed by atoms with Gasteiger partial charge >= 0.3 is 12.4 Å². The second-order valence-electron chi connectivity index (χ2n) is 9.79. The quantitative estimate of drug-likeness (QED) is 0.325. The smallest absolute Gasteiger partial charge is 0.379 e. The number of alkyl halides is 6. The van der Waals surface area contributed by atoms with Crippen molar-refractivity contribution in [2.75, 3.05) is 36.4 Å². The third-order valence-electron chi connectivity index (χ3n) is 6.85. The molecular formula is C26H24F6N8O2. The Morgan fingerprint density at radius 1 is 1.00 bits per heavy atom.